The Balaban J connectivity index is 0. The van der Waals surface area contributed by atoms with Crippen molar-refractivity contribution in [2.45, 2.75) is 11.8 Å². The Labute approximate surface area is 91.3 Å². The first-order chi connectivity index (χ1) is 5.77. The van der Waals surface area contributed by atoms with Crippen LogP contribution >= 0.6 is 34.8 Å². The number of carboxylic acids is 1. The molecule has 0 saturated heterocycles. The van der Waals surface area contributed by atoms with Gasteiger partial charge in [-0.15, -0.1) is 23.2 Å². The van der Waals surface area contributed by atoms with Crippen molar-refractivity contribution in [3.63, 3.8) is 0 Å². The van der Waals surface area contributed by atoms with Gasteiger partial charge < -0.3 is 5.11 Å². The molecule has 13 heavy (non-hydrogen) atoms. The summed E-state index contributed by atoms with van der Waals surface area (Å²) in [7, 11) is 0. The number of halogens is 3. The Hall–Kier alpha value is -0.250. The predicted molar refractivity (Wildman–Crippen MR) is 53.7 cm³/mol. The van der Waals surface area contributed by atoms with E-state index >= 15 is 0 Å². The van der Waals surface area contributed by atoms with E-state index in [0.29, 0.717) is 0 Å². The van der Waals surface area contributed by atoms with Crippen LogP contribution in [0.3, 0.4) is 0 Å². The number of carbonyl (C=O) groups is 2. The zero-order chi connectivity index (χ0) is 11.1. The van der Waals surface area contributed by atoms with E-state index in [1.807, 2.05) is 0 Å². The van der Waals surface area contributed by atoms with Crippen molar-refractivity contribution in [2.24, 2.45) is 0 Å². The number of allylic oxidation sites excluding steroid dienone is 1. The number of carbonyl (C=O) groups excluding carboxylic acids is 1. The second-order valence-electron chi connectivity index (χ2n) is 2.14. The van der Waals surface area contributed by atoms with E-state index in [0.717, 1.165) is 6.08 Å². The monoisotopic (exact) mass is 246 g/mol. The lowest BCUT2D eigenvalue weighted by Gasteiger charge is -2.10. The van der Waals surface area contributed by atoms with Crippen molar-refractivity contribution in [2.75, 3.05) is 5.88 Å². The van der Waals surface area contributed by atoms with Crippen LogP contribution in [0.15, 0.2) is 12.7 Å². The molecule has 3 nitrogen and oxygen atoms in total. The molecule has 0 radical (unpaired) electrons. The first-order valence-electron chi connectivity index (χ1n) is 3.08. The molecule has 0 bridgehead atoms. The molecule has 1 atom stereocenters. The maximum absolute atomic E-state index is 10.0. The van der Waals surface area contributed by atoms with E-state index in [9.17, 15) is 9.59 Å². The van der Waals surface area contributed by atoms with Gasteiger partial charge in [-0.3, -0.25) is 9.59 Å². The largest absolute Gasteiger partial charge is 0.480 e. The van der Waals surface area contributed by atoms with Crippen LogP contribution in [0, 0.1) is 0 Å². The highest BCUT2D eigenvalue weighted by Gasteiger charge is 2.28. The van der Waals surface area contributed by atoms with Gasteiger partial charge in [-0.1, -0.05) is 6.58 Å². The lowest BCUT2D eigenvalue weighted by atomic mass is 10.2. The fraction of sp³-hybridized carbons (Fsp3) is 0.429. The van der Waals surface area contributed by atoms with Gasteiger partial charge in [0.05, 0.1) is 5.88 Å². The molecular weight excluding hydrogens is 238 g/mol. The summed E-state index contributed by atoms with van der Waals surface area (Å²) >= 11 is 15.2. The number of aliphatic carboxylic acids is 1. The maximum Gasteiger partial charge on any atom is 0.325 e. The average Bonchev–Trinajstić information content (AvgIpc) is 2.05. The fourth-order valence-corrected chi connectivity index (χ4v) is 0.171. The molecule has 0 rings (SSSR count). The summed E-state index contributed by atoms with van der Waals surface area (Å²) < 4.78 is 0. The molecule has 0 amide bonds. The van der Waals surface area contributed by atoms with Crippen LogP contribution in [0.2, 0.25) is 0 Å². The molecule has 0 aromatic heterocycles. The van der Waals surface area contributed by atoms with Crippen molar-refractivity contribution in [1.29, 1.82) is 0 Å². The highest BCUT2D eigenvalue weighted by molar-refractivity contribution is 6.66. The van der Waals surface area contributed by atoms with Gasteiger partial charge in [-0.25, -0.2) is 0 Å². The molecule has 0 heterocycles. The quantitative estimate of drug-likeness (QED) is 0.473. The second kappa shape index (κ2) is 7.18. The highest BCUT2D eigenvalue weighted by Crippen LogP contribution is 2.15. The van der Waals surface area contributed by atoms with Gasteiger partial charge in [0, 0.05) is 0 Å². The van der Waals surface area contributed by atoms with Gasteiger partial charge in [-0.05, 0) is 24.6 Å². The van der Waals surface area contributed by atoms with E-state index in [1.165, 1.54) is 6.92 Å². The van der Waals surface area contributed by atoms with Gasteiger partial charge >= 0.3 is 5.97 Å². The SMILES string of the molecule is C=CC(=O)Cl.CC(Cl)(CCl)C(=O)O. The number of carboxylic acid groups (broad SMARTS) is 1. The van der Waals surface area contributed by atoms with Crippen LogP contribution in [0.1, 0.15) is 6.92 Å². The molecule has 76 valence electrons. The summed E-state index contributed by atoms with van der Waals surface area (Å²) in [5.74, 6) is -1.17. The normalized spacial score (nSPS) is 13.2. The molecule has 1 unspecified atom stereocenters. The van der Waals surface area contributed by atoms with E-state index < -0.39 is 16.1 Å². The Kier molecular flexibility index (Phi) is 8.42. The van der Waals surface area contributed by atoms with Crippen LogP contribution in [-0.4, -0.2) is 27.1 Å². The molecule has 0 fully saturated rings. The van der Waals surface area contributed by atoms with Gasteiger partial charge in [-0.2, -0.15) is 0 Å². The first kappa shape index (κ1) is 15.2. The van der Waals surface area contributed by atoms with Crippen LogP contribution in [-0.2, 0) is 9.59 Å². The number of hydrogen-bond donors (Lipinski definition) is 1. The molecule has 0 aromatic rings. The molecule has 1 N–H and O–H groups in total. The fourth-order valence-electron chi connectivity index (χ4n) is 0.0572. The van der Waals surface area contributed by atoms with Crippen molar-refractivity contribution in [3.8, 4) is 0 Å². The Morgan fingerprint density at radius 1 is 1.62 bits per heavy atom. The smallest absolute Gasteiger partial charge is 0.325 e. The van der Waals surface area contributed by atoms with Gasteiger partial charge in [0.25, 0.3) is 0 Å². The number of hydrogen-bond acceptors (Lipinski definition) is 2. The Morgan fingerprint density at radius 2 is 1.92 bits per heavy atom. The zero-order valence-electron chi connectivity index (χ0n) is 6.89. The van der Waals surface area contributed by atoms with Crippen LogP contribution in [0.25, 0.3) is 0 Å². The summed E-state index contributed by atoms with van der Waals surface area (Å²) in [6, 6.07) is 0. The van der Waals surface area contributed by atoms with E-state index in [2.05, 4.69) is 6.58 Å². The van der Waals surface area contributed by atoms with Crippen molar-refractivity contribution in [3.05, 3.63) is 12.7 Å². The van der Waals surface area contributed by atoms with E-state index in [-0.39, 0.29) is 5.88 Å². The summed E-state index contributed by atoms with van der Waals surface area (Å²) in [5, 5.41) is 7.72. The van der Waals surface area contributed by atoms with Crippen molar-refractivity contribution < 1.29 is 14.7 Å². The Morgan fingerprint density at radius 3 is 1.92 bits per heavy atom. The van der Waals surface area contributed by atoms with Gasteiger partial charge in [0.15, 0.2) is 4.87 Å². The number of alkyl halides is 2. The molecular formula is C7H9Cl3O3. The molecule has 6 heteroatoms. The number of rotatable bonds is 3. The minimum Gasteiger partial charge on any atom is -0.480 e. The molecule has 0 aliphatic rings. The molecule has 0 spiro atoms. The molecule has 0 saturated carbocycles. The Bertz CT molecular complexity index is 201. The van der Waals surface area contributed by atoms with Crippen LogP contribution in [0.5, 0.6) is 0 Å². The summed E-state index contributed by atoms with van der Waals surface area (Å²) in [4.78, 5) is 18.2. The molecule has 0 aliphatic carbocycles. The third kappa shape index (κ3) is 9.67. The molecule has 0 aliphatic heterocycles. The highest BCUT2D eigenvalue weighted by atomic mass is 35.5. The first-order valence-corrected chi connectivity index (χ1v) is 4.37. The summed E-state index contributed by atoms with van der Waals surface area (Å²) in [6.45, 7) is 4.43. The van der Waals surface area contributed by atoms with Crippen LogP contribution < -0.4 is 0 Å². The molecule has 0 aromatic carbocycles. The topological polar surface area (TPSA) is 54.4 Å². The lowest BCUT2D eigenvalue weighted by molar-refractivity contribution is -0.139. The van der Waals surface area contributed by atoms with Crippen LogP contribution in [0.4, 0.5) is 0 Å². The van der Waals surface area contributed by atoms with Gasteiger partial charge in [0.1, 0.15) is 0 Å². The second-order valence-corrected chi connectivity index (χ2v) is 3.62. The third-order valence-corrected chi connectivity index (χ3v) is 1.98. The zero-order valence-corrected chi connectivity index (χ0v) is 9.16. The minimum absolute atomic E-state index is 0.0795. The van der Waals surface area contributed by atoms with Gasteiger partial charge in [0.2, 0.25) is 5.24 Å². The average molecular weight is 248 g/mol. The van der Waals surface area contributed by atoms with Crippen molar-refractivity contribution in [1.82, 2.24) is 0 Å². The standard InChI is InChI=1S/C4H6Cl2O2.C3H3ClO/c1-4(6,2-5)3(7)8;1-2-3(4)5/h2H2,1H3,(H,7,8);2H,1H2. The lowest BCUT2D eigenvalue weighted by Crippen LogP contribution is -2.29. The minimum atomic E-state index is -1.30. The van der Waals surface area contributed by atoms with Crippen molar-refractivity contribution >= 4 is 46.0 Å². The summed E-state index contributed by atoms with van der Waals surface area (Å²) in [5.41, 5.74) is 0. The third-order valence-electron chi connectivity index (χ3n) is 0.857. The predicted octanol–water partition coefficient (Wildman–Crippen LogP) is 2.25. The van der Waals surface area contributed by atoms with E-state index in [4.69, 9.17) is 39.9 Å². The maximum atomic E-state index is 10.0. The van der Waals surface area contributed by atoms with E-state index in [1.54, 1.807) is 0 Å². The summed E-state index contributed by atoms with van der Waals surface area (Å²) in [6.07, 6.45) is 1.04.